The van der Waals surface area contributed by atoms with Crippen molar-refractivity contribution in [3.05, 3.63) is 40.7 Å². The number of carbonyl (C=O) groups excluding carboxylic acids is 3. The number of carbonyl (C=O) groups is 3. The molecule has 2 aromatic rings. The third-order valence-corrected chi connectivity index (χ3v) is 6.91. The fraction of sp³-hybridized carbons (Fsp3) is 0.480. The van der Waals surface area contributed by atoms with Gasteiger partial charge >= 0.3 is 0 Å². The van der Waals surface area contributed by atoms with E-state index in [2.05, 4.69) is 24.1 Å². The Morgan fingerprint density at radius 1 is 1.12 bits per heavy atom. The number of nitrogens with one attached hydrogen (secondary N) is 2. The third kappa shape index (κ3) is 3.98. The third-order valence-electron chi connectivity index (χ3n) is 6.91. The summed E-state index contributed by atoms with van der Waals surface area (Å²) in [7, 11) is 0. The molecule has 8 nitrogen and oxygen atoms in total. The van der Waals surface area contributed by atoms with E-state index in [1.807, 2.05) is 6.92 Å². The lowest BCUT2D eigenvalue weighted by Gasteiger charge is -2.31. The van der Waals surface area contributed by atoms with Gasteiger partial charge in [-0.3, -0.25) is 14.4 Å². The molecule has 0 spiro atoms. The number of ketones is 1. The molecule has 3 heterocycles. The first-order chi connectivity index (χ1) is 15.7. The van der Waals surface area contributed by atoms with Gasteiger partial charge in [0.15, 0.2) is 17.3 Å². The first kappa shape index (κ1) is 21.6. The molecule has 0 atom stereocenters. The summed E-state index contributed by atoms with van der Waals surface area (Å²) in [4.78, 5) is 43.7. The maximum Gasteiger partial charge on any atom is 0.270 e. The second-order valence-corrected chi connectivity index (χ2v) is 10.0. The summed E-state index contributed by atoms with van der Waals surface area (Å²) >= 11 is 0. The number of aromatic amines is 1. The molecule has 1 aromatic heterocycles. The van der Waals surface area contributed by atoms with Gasteiger partial charge in [-0.2, -0.15) is 0 Å². The normalized spacial score (nSPS) is 19.4. The molecule has 2 N–H and O–H groups in total. The summed E-state index contributed by atoms with van der Waals surface area (Å²) < 4.78 is 10.7. The number of ether oxygens (including phenoxy) is 2. The Kier molecular flexibility index (Phi) is 5.18. The van der Waals surface area contributed by atoms with E-state index in [1.165, 1.54) is 0 Å². The molecule has 1 aromatic carbocycles. The predicted molar refractivity (Wildman–Crippen MR) is 122 cm³/mol. The lowest BCUT2D eigenvalue weighted by atomic mass is 9.75. The largest absolute Gasteiger partial charge is 0.454 e. The molecule has 174 valence electrons. The Hall–Kier alpha value is -3.29. The number of fused-ring (bicyclic) bond motifs is 2. The minimum atomic E-state index is -0.167. The number of H-pyrrole nitrogens is 1. The van der Waals surface area contributed by atoms with Crippen LogP contribution in [0.2, 0.25) is 0 Å². The lowest BCUT2D eigenvalue weighted by molar-refractivity contribution is -0.121. The molecule has 0 unspecified atom stereocenters. The van der Waals surface area contributed by atoms with E-state index in [0.29, 0.717) is 60.8 Å². The minimum absolute atomic E-state index is 0.0553. The first-order valence-electron chi connectivity index (χ1n) is 11.5. The number of piperidine rings is 1. The van der Waals surface area contributed by atoms with E-state index >= 15 is 0 Å². The van der Waals surface area contributed by atoms with Crippen molar-refractivity contribution in [2.24, 2.45) is 11.3 Å². The number of aromatic nitrogens is 1. The molecule has 0 radical (unpaired) electrons. The van der Waals surface area contributed by atoms with Gasteiger partial charge in [-0.15, -0.1) is 0 Å². The van der Waals surface area contributed by atoms with Crippen molar-refractivity contribution in [1.82, 2.24) is 9.88 Å². The van der Waals surface area contributed by atoms with Crippen molar-refractivity contribution in [3.8, 4) is 11.5 Å². The molecule has 2 amide bonds. The highest BCUT2D eigenvalue weighted by molar-refractivity contribution is 6.04. The van der Waals surface area contributed by atoms with Crippen molar-refractivity contribution in [3.63, 3.8) is 0 Å². The highest BCUT2D eigenvalue weighted by Crippen LogP contribution is 2.37. The number of likely N-dealkylation sites (tertiary alicyclic amines) is 1. The van der Waals surface area contributed by atoms with Crippen LogP contribution in [0.1, 0.15) is 65.2 Å². The van der Waals surface area contributed by atoms with Crippen LogP contribution in [0.25, 0.3) is 0 Å². The Bertz CT molecular complexity index is 1140. The molecule has 2 aliphatic heterocycles. The molecule has 33 heavy (non-hydrogen) atoms. The summed E-state index contributed by atoms with van der Waals surface area (Å²) in [6.07, 6.45) is 2.43. The van der Waals surface area contributed by atoms with Crippen LogP contribution in [-0.2, 0) is 11.2 Å². The van der Waals surface area contributed by atoms with Gasteiger partial charge in [-0.1, -0.05) is 13.8 Å². The van der Waals surface area contributed by atoms with Gasteiger partial charge in [0.1, 0.15) is 5.69 Å². The highest BCUT2D eigenvalue weighted by atomic mass is 16.7. The SMILES string of the molecule is Cc1c(C(=O)N2CCC(C(=O)Nc3ccc4c(c3)OCO4)CC2)[nH]c2c1C(=O)CC(C)(C)C2. The minimum Gasteiger partial charge on any atom is -0.454 e. The van der Waals surface area contributed by atoms with Crippen molar-refractivity contribution >= 4 is 23.3 Å². The standard InChI is InChI=1S/C25H29N3O5/c1-14-21-17(11-25(2,3)12-18(21)29)27-22(14)24(31)28-8-6-15(7-9-28)23(30)26-16-4-5-19-20(10-16)33-13-32-19/h4-5,10,15,27H,6-9,11-13H2,1-3H3,(H,26,30). The van der Waals surface area contributed by atoms with Crippen molar-refractivity contribution < 1.29 is 23.9 Å². The molecule has 8 heteroatoms. The monoisotopic (exact) mass is 451 g/mol. The van der Waals surface area contributed by atoms with Crippen molar-refractivity contribution in [2.75, 3.05) is 25.2 Å². The van der Waals surface area contributed by atoms with Gasteiger partial charge in [-0.05, 0) is 49.3 Å². The first-order valence-corrected chi connectivity index (χ1v) is 11.5. The average molecular weight is 452 g/mol. The number of benzene rings is 1. The van der Waals surface area contributed by atoms with E-state index in [-0.39, 0.29) is 35.7 Å². The van der Waals surface area contributed by atoms with Crippen LogP contribution in [0, 0.1) is 18.3 Å². The van der Waals surface area contributed by atoms with Gasteiger partial charge in [0, 0.05) is 48.4 Å². The average Bonchev–Trinajstić information content (AvgIpc) is 3.36. The molecule has 1 aliphatic carbocycles. The smallest absolute Gasteiger partial charge is 0.270 e. The quantitative estimate of drug-likeness (QED) is 0.741. The van der Waals surface area contributed by atoms with Crippen LogP contribution in [0.15, 0.2) is 18.2 Å². The van der Waals surface area contributed by atoms with E-state index in [1.54, 1.807) is 23.1 Å². The number of rotatable bonds is 3. The molecule has 0 bridgehead atoms. The highest BCUT2D eigenvalue weighted by Gasteiger charge is 2.36. The van der Waals surface area contributed by atoms with Crippen molar-refractivity contribution in [1.29, 1.82) is 0 Å². The van der Waals surface area contributed by atoms with Gasteiger partial charge in [-0.25, -0.2) is 0 Å². The van der Waals surface area contributed by atoms with Crippen LogP contribution < -0.4 is 14.8 Å². The maximum atomic E-state index is 13.2. The molecule has 0 saturated carbocycles. The predicted octanol–water partition coefficient (Wildman–Crippen LogP) is 3.70. The van der Waals surface area contributed by atoms with E-state index < -0.39 is 0 Å². The second-order valence-electron chi connectivity index (χ2n) is 10.0. The van der Waals surface area contributed by atoms with Crippen molar-refractivity contribution in [2.45, 2.75) is 46.5 Å². The number of hydrogen-bond acceptors (Lipinski definition) is 5. The van der Waals surface area contributed by atoms with Gasteiger partial charge < -0.3 is 24.7 Å². The summed E-state index contributed by atoms with van der Waals surface area (Å²) in [5, 5.41) is 2.95. The van der Waals surface area contributed by atoms with Gasteiger partial charge in [0.2, 0.25) is 12.7 Å². The Morgan fingerprint density at radius 3 is 2.61 bits per heavy atom. The van der Waals surface area contributed by atoms with E-state index in [0.717, 1.165) is 17.7 Å². The number of amides is 2. The van der Waals surface area contributed by atoms with Crippen LogP contribution >= 0.6 is 0 Å². The molecule has 1 fully saturated rings. The summed E-state index contributed by atoms with van der Waals surface area (Å²) in [6, 6.07) is 5.34. The zero-order valence-corrected chi connectivity index (χ0v) is 19.2. The lowest BCUT2D eigenvalue weighted by Crippen LogP contribution is -2.41. The van der Waals surface area contributed by atoms with Crippen LogP contribution in [-0.4, -0.2) is 47.4 Å². The van der Waals surface area contributed by atoms with Gasteiger partial charge in [0.25, 0.3) is 5.91 Å². The Balaban J connectivity index is 1.22. The summed E-state index contributed by atoms with van der Waals surface area (Å²) in [6.45, 7) is 7.19. The number of hydrogen-bond donors (Lipinski definition) is 2. The second kappa shape index (κ2) is 7.93. The van der Waals surface area contributed by atoms with Crippen LogP contribution in [0.4, 0.5) is 5.69 Å². The fourth-order valence-corrected chi connectivity index (χ4v) is 5.17. The van der Waals surface area contributed by atoms with E-state index in [4.69, 9.17) is 9.47 Å². The number of Topliss-reactive ketones (excluding diaryl/α,β-unsaturated/α-hetero) is 1. The maximum absolute atomic E-state index is 13.2. The van der Waals surface area contributed by atoms with E-state index in [9.17, 15) is 14.4 Å². The zero-order valence-electron chi connectivity index (χ0n) is 19.2. The van der Waals surface area contributed by atoms with Gasteiger partial charge in [0.05, 0.1) is 0 Å². The molecule has 3 aliphatic rings. The molecular formula is C25H29N3O5. The van der Waals surface area contributed by atoms with Crippen LogP contribution in [0.3, 0.4) is 0 Å². The topological polar surface area (TPSA) is 101 Å². The molecular weight excluding hydrogens is 422 g/mol. The molecule has 5 rings (SSSR count). The Morgan fingerprint density at radius 2 is 1.85 bits per heavy atom. The Labute approximate surface area is 192 Å². The summed E-state index contributed by atoms with van der Waals surface area (Å²) in [5.41, 5.74) is 3.38. The summed E-state index contributed by atoms with van der Waals surface area (Å²) in [5.74, 6) is 1.08. The fourth-order valence-electron chi connectivity index (χ4n) is 5.17. The number of nitrogens with zero attached hydrogens (tertiary/aromatic N) is 1. The molecule has 1 saturated heterocycles. The zero-order chi connectivity index (χ0) is 23.3. The number of anilines is 1. The van der Waals surface area contributed by atoms with Crippen LogP contribution in [0.5, 0.6) is 11.5 Å².